The zero-order valence-corrected chi connectivity index (χ0v) is 35.8. The molecule has 0 saturated carbocycles. The summed E-state index contributed by atoms with van der Waals surface area (Å²) in [5.41, 5.74) is 8.82. The van der Waals surface area contributed by atoms with Gasteiger partial charge in [-0.2, -0.15) is 18.2 Å². The van der Waals surface area contributed by atoms with Crippen molar-refractivity contribution in [3.63, 3.8) is 0 Å². The Labute approximate surface area is 372 Å². The second kappa shape index (κ2) is 17.9. The molecular formula is C44H51F3N12O6. The fourth-order valence-corrected chi connectivity index (χ4v) is 10.2. The molecule has 7 amide bonds. The minimum absolute atomic E-state index is 0.00375. The van der Waals surface area contributed by atoms with Crippen LogP contribution in [0.25, 0.3) is 0 Å². The zero-order chi connectivity index (χ0) is 45.6. The SMILES string of the molecule is NC(=O)c1nnc(N2CCC[C@@H](N3CCN(CC(F)(F)F)C3=O)C2)nc1Nc1ccc(C2CCN(CC3CCN(c4ccc5c(c4)C(=O)N(C4CCC(=O)NC4=O)C5=O)CC3)CC2)cc1. The molecule has 9 rings (SSSR count). The van der Waals surface area contributed by atoms with E-state index in [1.165, 1.54) is 10.5 Å². The first-order chi connectivity index (χ1) is 31.2. The number of hydrogen-bond acceptors (Lipinski definition) is 13. The summed E-state index contributed by atoms with van der Waals surface area (Å²) in [7, 11) is 0. The van der Waals surface area contributed by atoms with E-state index in [-0.39, 0.29) is 60.6 Å². The number of halogens is 3. The van der Waals surface area contributed by atoms with Gasteiger partial charge in [-0.15, -0.1) is 10.2 Å². The van der Waals surface area contributed by atoms with Crippen molar-refractivity contribution in [2.24, 2.45) is 11.7 Å². The second-order valence-corrected chi connectivity index (χ2v) is 17.9. The van der Waals surface area contributed by atoms with Gasteiger partial charge < -0.3 is 35.6 Å². The lowest BCUT2D eigenvalue weighted by Gasteiger charge is -2.38. The van der Waals surface area contributed by atoms with Gasteiger partial charge in [0.1, 0.15) is 12.6 Å². The molecule has 5 saturated heterocycles. The third kappa shape index (κ3) is 9.28. The molecule has 5 fully saturated rings. The Balaban J connectivity index is 0.750. The van der Waals surface area contributed by atoms with Gasteiger partial charge in [-0.3, -0.25) is 34.2 Å². The number of alkyl halides is 3. The molecule has 2 aromatic carbocycles. The Morgan fingerprint density at radius 3 is 2.26 bits per heavy atom. The van der Waals surface area contributed by atoms with Crippen LogP contribution in [-0.4, -0.2) is 154 Å². The Morgan fingerprint density at radius 1 is 0.815 bits per heavy atom. The molecule has 18 nitrogen and oxygen atoms in total. The Bertz CT molecular complexity index is 2370. The molecule has 0 radical (unpaired) electrons. The first kappa shape index (κ1) is 43.9. The molecule has 1 aromatic heterocycles. The summed E-state index contributed by atoms with van der Waals surface area (Å²) < 4.78 is 39.1. The van der Waals surface area contributed by atoms with Crippen LogP contribution in [0, 0.1) is 5.92 Å². The number of nitrogens with one attached hydrogen (secondary N) is 2. The summed E-state index contributed by atoms with van der Waals surface area (Å²) in [6, 6.07) is 11.3. The topological polar surface area (TPSA) is 211 Å². The number of piperidine rings is 4. The van der Waals surface area contributed by atoms with Gasteiger partial charge in [0, 0.05) is 63.6 Å². The van der Waals surface area contributed by atoms with Crippen LogP contribution in [0.4, 0.5) is 41.1 Å². The number of hydrogen-bond donors (Lipinski definition) is 3. The van der Waals surface area contributed by atoms with Gasteiger partial charge in [-0.1, -0.05) is 12.1 Å². The van der Waals surface area contributed by atoms with Crippen molar-refractivity contribution in [3.05, 3.63) is 64.8 Å². The molecule has 0 spiro atoms. The lowest BCUT2D eigenvalue weighted by Crippen LogP contribution is -2.54. The van der Waals surface area contributed by atoms with Crippen molar-refractivity contribution in [3.8, 4) is 0 Å². The molecule has 3 aromatic rings. The fourth-order valence-electron chi connectivity index (χ4n) is 10.2. The van der Waals surface area contributed by atoms with Crippen LogP contribution in [0.1, 0.15) is 94.1 Å². The number of nitrogens with zero attached hydrogens (tertiary/aromatic N) is 9. The molecule has 6 aliphatic rings. The van der Waals surface area contributed by atoms with Crippen LogP contribution in [0.5, 0.6) is 0 Å². The maximum Gasteiger partial charge on any atom is 0.406 e. The minimum Gasteiger partial charge on any atom is -0.371 e. The standard InChI is InChI=1S/C44H51F3N12O6/c45-44(46,47)25-57-20-21-58(43(57)65)31-2-1-15-56(24-31)42-51-38(36(37(48)61)52-53-42)49-29-5-3-27(4-6-29)28-13-16-54(17-14-28)23-26-11-18-55(19-12-26)30-7-8-32-33(22-30)41(64)59(40(32)63)34-9-10-35(60)50-39(34)62/h3-8,22,26,28,31,34H,1-2,9-21,23-25H2,(H2,48,61)(H,49,51,53)(H,50,60,62)/t31-,34?/m1/s1. The van der Waals surface area contributed by atoms with Crippen molar-refractivity contribution in [1.82, 2.24) is 40.1 Å². The lowest BCUT2D eigenvalue weighted by atomic mass is 9.88. The minimum atomic E-state index is -4.48. The molecular weight excluding hydrogens is 850 g/mol. The van der Waals surface area contributed by atoms with E-state index < -0.39 is 54.3 Å². The van der Waals surface area contributed by atoms with Gasteiger partial charge in [0.15, 0.2) is 11.5 Å². The number of aromatic nitrogens is 3. The van der Waals surface area contributed by atoms with Crippen LogP contribution >= 0.6 is 0 Å². The van der Waals surface area contributed by atoms with Gasteiger partial charge in [0.25, 0.3) is 17.7 Å². The van der Waals surface area contributed by atoms with E-state index in [1.54, 1.807) is 12.1 Å². The smallest absolute Gasteiger partial charge is 0.371 e. The van der Waals surface area contributed by atoms with Crippen LogP contribution in [-0.2, 0) is 9.59 Å². The predicted octanol–water partition coefficient (Wildman–Crippen LogP) is 3.48. The quantitative estimate of drug-likeness (QED) is 0.236. The summed E-state index contributed by atoms with van der Waals surface area (Å²) in [5, 5.41) is 13.6. The van der Waals surface area contributed by atoms with Gasteiger partial charge in [-0.25, -0.2) is 4.79 Å². The Hall–Kier alpha value is -6.38. The molecule has 21 heteroatoms. The van der Waals surface area contributed by atoms with E-state index in [0.717, 1.165) is 73.9 Å². The van der Waals surface area contributed by atoms with Crippen LogP contribution in [0.2, 0.25) is 0 Å². The number of anilines is 4. The third-order valence-electron chi connectivity index (χ3n) is 13.7. The first-order valence-corrected chi connectivity index (χ1v) is 22.3. The van der Waals surface area contributed by atoms with Crippen molar-refractivity contribution in [2.75, 3.05) is 80.6 Å². The number of primary amides is 1. The van der Waals surface area contributed by atoms with Crippen molar-refractivity contribution >= 4 is 58.7 Å². The maximum absolute atomic E-state index is 13.4. The van der Waals surface area contributed by atoms with Crippen LogP contribution < -0.4 is 26.2 Å². The largest absolute Gasteiger partial charge is 0.406 e. The lowest BCUT2D eigenvalue weighted by molar-refractivity contribution is -0.139. The molecule has 344 valence electrons. The highest BCUT2D eigenvalue weighted by Gasteiger charge is 2.45. The first-order valence-electron chi connectivity index (χ1n) is 22.3. The fraction of sp³-hybridized carbons (Fsp3) is 0.523. The Kier molecular flexibility index (Phi) is 12.1. The molecule has 65 heavy (non-hydrogen) atoms. The van der Waals surface area contributed by atoms with E-state index >= 15 is 0 Å². The number of nitrogens with two attached hydrogens (primary N) is 1. The highest BCUT2D eigenvalue weighted by molar-refractivity contribution is 6.23. The molecule has 0 bridgehead atoms. The number of imide groups is 2. The number of urea groups is 1. The molecule has 4 N–H and O–H groups in total. The highest BCUT2D eigenvalue weighted by atomic mass is 19.4. The molecule has 0 aliphatic carbocycles. The molecule has 2 atom stereocenters. The van der Waals surface area contributed by atoms with Gasteiger partial charge in [0.05, 0.1) is 17.2 Å². The van der Waals surface area contributed by atoms with Gasteiger partial charge in [-0.05, 0) is 106 Å². The number of carbonyl (C=O) groups is 6. The number of benzene rings is 2. The van der Waals surface area contributed by atoms with Crippen molar-refractivity contribution < 1.29 is 41.9 Å². The summed E-state index contributed by atoms with van der Waals surface area (Å²) >= 11 is 0. The summed E-state index contributed by atoms with van der Waals surface area (Å²) in [6.07, 6.45) is 0.998. The van der Waals surface area contributed by atoms with Crippen LogP contribution in [0.3, 0.4) is 0 Å². The van der Waals surface area contributed by atoms with Gasteiger partial charge in [0.2, 0.25) is 17.8 Å². The predicted molar refractivity (Wildman–Crippen MR) is 230 cm³/mol. The van der Waals surface area contributed by atoms with E-state index in [0.29, 0.717) is 43.5 Å². The van der Waals surface area contributed by atoms with E-state index in [2.05, 4.69) is 47.7 Å². The zero-order valence-electron chi connectivity index (χ0n) is 35.8. The maximum atomic E-state index is 13.4. The van der Waals surface area contributed by atoms with Crippen LogP contribution in [0.15, 0.2) is 42.5 Å². The summed E-state index contributed by atoms with van der Waals surface area (Å²) in [6.45, 7) is 4.36. The normalized spacial score (nSPS) is 22.8. The average molecular weight is 901 g/mol. The van der Waals surface area contributed by atoms with Gasteiger partial charge >= 0.3 is 12.2 Å². The molecule has 6 aliphatic heterocycles. The van der Waals surface area contributed by atoms with E-state index in [4.69, 9.17) is 5.73 Å². The third-order valence-corrected chi connectivity index (χ3v) is 13.7. The monoisotopic (exact) mass is 900 g/mol. The Morgan fingerprint density at radius 2 is 1.55 bits per heavy atom. The highest BCUT2D eigenvalue weighted by Crippen LogP contribution is 2.35. The number of fused-ring (bicyclic) bond motifs is 1. The second-order valence-electron chi connectivity index (χ2n) is 17.9. The van der Waals surface area contributed by atoms with Crippen molar-refractivity contribution in [2.45, 2.75) is 75.5 Å². The average Bonchev–Trinajstić information content (AvgIpc) is 3.77. The summed E-state index contributed by atoms with van der Waals surface area (Å²) in [4.78, 5) is 90.3. The van der Waals surface area contributed by atoms with E-state index in [9.17, 15) is 41.9 Å². The molecule has 1 unspecified atom stereocenters. The summed E-state index contributed by atoms with van der Waals surface area (Å²) in [5.74, 6) is -1.60. The van der Waals surface area contributed by atoms with Crippen molar-refractivity contribution in [1.29, 1.82) is 0 Å². The number of likely N-dealkylation sites (tertiary alicyclic amines) is 1. The van der Waals surface area contributed by atoms with E-state index in [1.807, 2.05) is 23.1 Å². The number of amides is 7. The number of carbonyl (C=O) groups excluding carboxylic acids is 6. The molecule has 7 heterocycles. The number of rotatable bonds is 11.